The molecule has 2 aliphatic rings. The van der Waals surface area contributed by atoms with Crippen LogP contribution in [-0.2, 0) is 9.59 Å². The number of para-hydroxylation sites is 2. The van der Waals surface area contributed by atoms with Crippen molar-refractivity contribution in [2.24, 2.45) is 0 Å². The quantitative estimate of drug-likeness (QED) is 0.331. The van der Waals surface area contributed by atoms with E-state index in [9.17, 15) is 14.4 Å². The minimum Gasteiger partial charge on any atom is -0.436 e. The Morgan fingerprint density at radius 2 is 1.75 bits per heavy atom. The van der Waals surface area contributed by atoms with E-state index < -0.39 is 6.04 Å². The van der Waals surface area contributed by atoms with Gasteiger partial charge in [0.2, 0.25) is 11.8 Å². The van der Waals surface area contributed by atoms with Crippen molar-refractivity contribution in [2.45, 2.75) is 50.6 Å². The second-order valence-electron chi connectivity index (χ2n) is 9.30. The molecule has 1 aliphatic heterocycles. The number of oxazole rings is 1. The van der Waals surface area contributed by atoms with Crippen molar-refractivity contribution >= 4 is 45.8 Å². The molecule has 0 bridgehead atoms. The number of nitrogens with zero attached hydrogens (tertiary/aromatic N) is 3. The lowest BCUT2D eigenvalue weighted by Gasteiger charge is -2.37. The number of benzene rings is 2. The first kappa shape index (κ1) is 22.7. The molecule has 0 radical (unpaired) electrons. The number of carbonyl (C=O) groups is 3. The van der Waals surface area contributed by atoms with Crippen molar-refractivity contribution in [2.75, 3.05) is 4.90 Å². The van der Waals surface area contributed by atoms with Crippen LogP contribution in [0.15, 0.2) is 70.5 Å². The van der Waals surface area contributed by atoms with Crippen LogP contribution in [0.1, 0.15) is 48.2 Å². The van der Waals surface area contributed by atoms with Crippen LogP contribution in [0, 0.1) is 0 Å². The maximum absolute atomic E-state index is 13.6. The highest BCUT2D eigenvalue weighted by Gasteiger charge is 2.46. The summed E-state index contributed by atoms with van der Waals surface area (Å²) in [5, 5.41) is 1.86. The molecule has 2 aromatic heterocycles. The lowest BCUT2D eigenvalue weighted by atomic mass is 9.92. The summed E-state index contributed by atoms with van der Waals surface area (Å²) < 4.78 is 5.84. The second kappa shape index (κ2) is 9.35. The van der Waals surface area contributed by atoms with Gasteiger partial charge in [-0.3, -0.25) is 14.4 Å². The average Bonchev–Trinajstić information content (AvgIpc) is 3.65. The van der Waals surface area contributed by atoms with E-state index in [1.54, 1.807) is 35.2 Å². The van der Waals surface area contributed by atoms with Crippen molar-refractivity contribution in [3.05, 3.63) is 70.9 Å². The van der Waals surface area contributed by atoms with E-state index in [1.807, 2.05) is 35.7 Å². The van der Waals surface area contributed by atoms with Gasteiger partial charge in [-0.15, -0.1) is 11.3 Å². The van der Waals surface area contributed by atoms with Crippen LogP contribution < -0.4 is 4.90 Å². The molecule has 1 atom stereocenters. The number of imide groups is 1. The summed E-state index contributed by atoms with van der Waals surface area (Å²) in [6.07, 6.45) is 4.89. The molecular weight excluding hydrogens is 474 g/mol. The Bertz CT molecular complexity index is 1390. The molecule has 4 aromatic rings. The molecule has 3 amide bonds. The largest absolute Gasteiger partial charge is 0.436 e. The minimum atomic E-state index is -0.785. The third kappa shape index (κ3) is 4.01. The maximum Gasteiger partial charge on any atom is 0.264 e. The Labute approximate surface area is 212 Å². The predicted octanol–water partition coefficient (Wildman–Crippen LogP) is 5.66. The number of aromatic nitrogens is 1. The monoisotopic (exact) mass is 499 g/mol. The van der Waals surface area contributed by atoms with Crippen molar-refractivity contribution in [1.29, 1.82) is 0 Å². The fraction of sp³-hybridized carbons (Fsp3) is 0.286. The van der Waals surface area contributed by atoms with E-state index in [-0.39, 0.29) is 30.2 Å². The zero-order valence-electron chi connectivity index (χ0n) is 19.6. The molecule has 1 aliphatic carbocycles. The van der Waals surface area contributed by atoms with Crippen molar-refractivity contribution in [3.63, 3.8) is 0 Å². The topological polar surface area (TPSA) is 83.7 Å². The molecule has 0 N–H and O–H groups in total. The molecule has 182 valence electrons. The highest BCUT2D eigenvalue weighted by molar-refractivity contribution is 7.12. The molecule has 36 heavy (non-hydrogen) atoms. The van der Waals surface area contributed by atoms with Gasteiger partial charge in [0.15, 0.2) is 5.58 Å². The summed E-state index contributed by atoms with van der Waals surface area (Å²) in [6.45, 7) is 0. The number of carbonyl (C=O) groups excluding carboxylic acids is 3. The predicted molar refractivity (Wildman–Crippen MR) is 138 cm³/mol. The molecular formula is C28H25N3O4S. The number of fused-ring (bicyclic) bond motifs is 1. The Balaban J connectivity index is 1.28. The van der Waals surface area contributed by atoms with E-state index in [1.165, 1.54) is 16.2 Å². The van der Waals surface area contributed by atoms with E-state index in [4.69, 9.17) is 4.42 Å². The first-order valence-electron chi connectivity index (χ1n) is 12.3. The highest BCUT2D eigenvalue weighted by atomic mass is 32.1. The first-order chi connectivity index (χ1) is 17.6. The van der Waals surface area contributed by atoms with Gasteiger partial charge in [0.05, 0.1) is 17.0 Å². The number of hydrogen-bond acceptors (Lipinski definition) is 6. The van der Waals surface area contributed by atoms with E-state index in [0.29, 0.717) is 22.0 Å². The molecule has 8 heteroatoms. The Morgan fingerprint density at radius 1 is 0.972 bits per heavy atom. The van der Waals surface area contributed by atoms with Crippen LogP contribution in [0.2, 0.25) is 0 Å². The number of amides is 3. The fourth-order valence-corrected chi connectivity index (χ4v) is 5.97. The smallest absolute Gasteiger partial charge is 0.264 e. The average molecular weight is 500 g/mol. The highest BCUT2D eigenvalue weighted by Crippen LogP contribution is 2.34. The summed E-state index contributed by atoms with van der Waals surface area (Å²) in [5.41, 5.74) is 2.70. The van der Waals surface area contributed by atoms with Gasteiger partial charge in [-0.05, 0) is 60.7 Å². The van der Waals surface area contributed by atoms with Gasteiger partial charge in [-0.2, -0.15) is 0 Å². The van der Waals surface area contributed by atoms with Crippen LogP contribution >= 0.6 is 11.3 Å². The maximum atomic E-state index is 13.6. The zero-order valence-corrected chi connectivity index (χ0v) is 20.4. The van der Waals surface area contributed by atoms with E-state index in [0.717, 1.165) is 43.2 Å². The summed E-state index contributed by atoms with van der Waals surface area (Å²) >= 11 is 1.37. The van der Waals surface area contributed by atoms with Gasteiger partial charge in [0.25, 0.3) is 11.8 Å². The molecule has 2 aromatic carbocycles. The molecule has 1 unspecified atom stereocenters. The molecule has 2 fully saturated rings. The number of rotatable bonds is 5. The van der Waals surface area contributed by atoms with E-state index >= 15 is 0 Å². The van der Waals surface area contributed by atoms with Crippen LogP contribution in [-0.4, -0.2) is 39.7 Å². The molecule has 7 nitrogen and oxygen atoms in total. The molecule has 1 saturated carbocycles. The first-order valence-corrected chi connectivity index (χ1v) is 13.2. The third-order valence-corrected chi connectivity index (χ3v) is 7.92. The second-order valence-corrected chi connectivity index (χ2v) is 10.3. The Morgan fingerprint density at radius 3 is 2.47 bits per heavy atom. The van der Waals surface area contributed by atoms with Crippen molar-refractivity contribution in [3.8, 4) is 11.5 Å². The van der Waals surface area contributed by atoms with Crippen LogP contribution in [0.3, 0.4) is 0 Å². The van der Waals surface area contributed by atoms with Gasteiger partial charge in [0, 0.05) is 11.6 Å². The summed E-state index contributed by atoms with van der Waals surface area (Å²) in [7, 11) is 0. The van der Waals surface area contributed by atoms with Crippen LogP contribution in [0.4, 0.5) is 5.69 Å². The Hall–Kier alpha value is -3.78. The number of hydrogen-bond donors (Lipinski definition) is 0. The van der Waals surface area contributed by atoms with Crippen LogP contribution in [0.5, 0.6) is 0 Å². The SMILES string of the molecule is O=C1CC(N(C(=O)c2cccs2)C2CCCCC2)C(=O)N1c1ccc(-c2nc3ccccc3o2)cc1. The fourth-order valence-electron chi connectivity index (χ4n) is 5.30. The van der Waals surface area contributed by atoms with E-state index in [2.05, 4.69) is 4.98 Å². The normalized spacial score (nSPS) is 18.8. The minimum absolute atomic E-state index is 0.000666. The summed E-state index contributed by atoms with van der Waals surface area (Å²) in [6, 6.07) is 17.4. The van der Waals surface area contributed by atoms with Gasteiger partial charge < -0.3 is 9.32 Å². The summed E-state index contributed by atoms with van der Waals surface area (Å²) in [5.74, 6) is -0.314. The number of anilines is 1. The lowest BCUT2D eigenvalue weighted by molar-refractivity contribution is -0.123. The molecule has 3 heterocycles. The molecule has 1 saturated heterocycles. The number of thiophene rings is 1. The van der Waals surface area contributed by atoms with Gasteiger partial charge in [0.1, 0.15) is 11.6 Å². The van der Waals surface area contributed by atoms with Gasteiger partial charge in [-0.1, -0.05) is 37.5 Å². The van der Waals surface area contributed by atoms with Crippen molar-refractivity contribution < 1.29 is 18.8 Å². The third-order valence-electron chi connectivity index (χ3n) is 7.06. The van der Waals surface area contributed by atoms with Gasteiger partial charge >= 0.3 is 0 Å². The summed E-state index contributed by atoms with van der Waals surface area (Å²) in [4.78, 5) is 48.3. The lowest BCUT2D eigenvalue weighted by Crippen LogP contribution is -2.51. The van der Waals surface area contributed by atoms with Crippen molar-refractivity contribution in [1.82, 2.24) is 9.88 Å². The molecule has 6 rings (SSSR count). The van der Waals surface area contributed by atoms with Gasteiger partial charge in [-0.25, -0.2) is 9.88 Å². The molecule has 0 spiro atoms. The van der Waals surface area contributed by atoms with Crippen LogP contribution in [0.25, 0.3) is 22.6 Å². The standard InChI is InChI=1S/C28H25N3O4S/c32-25-17-22(30(19-7-2-1-3-8-19)28(34)24-11-6-16-36-24)27(33)31(25)20-14-12-18(13-15-20)26-29-21-9-4-5-10-23(21)35-26/h4-6,9-16,19,22H,1-3,7-8,17H2. The zero-order chi connectivity index (χ0) is 24.6. The Kier molecular flexibility index (Phi) is 5.89.